The number of hydrogen-bond acceptors (Lipinski definition) is 9. The monoisotopic (exact) mass is 501 g/mol. The highest BCUT2D eigenvalue weighted by molar-refractivity contribution is 7.98. The quantitative estimate of drug-likeness (QED) is 0.367. The molecule has 2 aliphatic rings. The van der Waals surface area contributed by atoms with Gasteiger partial charge in [0, 0.05) is 49.2 Å². The summed E-state index contributed by atoms with van der Waals surface area (Å²) >= 11 is 3.32. The molecule has 0 bridgehead atoms. The summed E-state index contributed by atoms with van der Waals surface area (Å²) in [5.74, 6) is 1.47. The maximum Gasteiger partial charge on any atom is 0.189 e. The van der Waals surface area contributed by atoms with E-state index >= 15 is 0 Å². The van der Waals surface area contributed by atoms with Crippen LogP contribution in [0, 0.1) is 5.92 Å². The number of nitrogens with zero attached hydrogens (tertiary/aromatic N) is 4. The molecule has 0 unspecified atom stereocenters. The van der Waals surface area contributed by atoms with Crippen LogP contribution >= 0.6 is 23.1 Å². The zero-order valence-corrected chi connectivity index (χ0v) is 22.5. The average Bonchev–Trinajstić information content (AvgIpc) is 3.17. The number of hydrogen-bond donors (Lipinski definition) is 1. The van der Waals surface area contributed by atoms with E-state index in [2.05, 4.69) is 37.9 Å². The first kappa shape index (κ1) is 24.2. The van der Waals surface area contributed by atoms with Crippen molar-refractivity contribution < 1.29 is 9.47 Å². The number of nitrogens with one attached hydrogen (secondary N) is 1. The van der Waals surface area contributed by atoms with Crippen LogP contribution in [0.3, 0.4) is 0 Å². The van der Waals surface area contributed by atoms with Crippen molar-refractivity contribution >= 4 is 49.3 Å². The maximum absolute atomic E-state index is 6.23. The highest BCUT2D eigenvalue weighted by Gasteiger charge is 2.32. The van der Waals surface area contributed by atoms with Crippen LogP contribution in [0.15, 0.2) is 5.16 Å². The third kappa shape index (κ3) is 4.91. The minimum Gasteiger partial charge on any atom is -0.379 e. The van der Waals surface area contributed by atoms with Crippen molar-refractivity contribution in [1.82, 2.24) is 19.9 Å². The Morgan fingerprint density at radius 3 is 2.68 bits per heavy atom. The Morgan fingerprint density at radius 1 is 1.15 bits per heavy atom. The molecule has 2 aliphatic heterocycles. The van der Waals surface area contributed by atoms with Crippen LogP contribution in [-0.2, 0) is 28.9 Å². The summed E-state index contributed by atoms with van der Waals surface area (Å²) in [6, 6.07) is 0. The van der Waals surface area contributed by atoms with E-state index in [0.29, 0.717) is 12.5 Å². The van der Waals surface area contributed by atoms with E-state index in [0.717, 1.165) is 78.3 Å². The smallest absolute Gasteiger partial charge is 0.189 e. The van der Waals surface area contributed by atoms with E-state index < -0.39 is 0 Å². The van der Waals surface area contributed by atoms with Crippen molar-refractivity contribution in [2.45, 2.75) is 57.9 Å². The van der Waals surface area contributed by atoms with E-state index in [1.807, 2.05) is 6.26 Å². The van der Waals surface area contributed by atoms with Gasteiger partial charge in [0.15, 0.2) is 5.16 Å². The zero-order valence-electron chi connectivity index (χ0n) is 20.9. The number of thioether (sulfide) groups is 1. The van der Waals surface area contributed by atoms with E-state index in [-0.39, 0.29) is 5.60 Å². The Kier molecular flexibility index (Phi) is 7.01. The van der Waals surface area contributed by atoms with Crippen LogP contribution in [0.2, 0.25) is 0 Å². The molecule has 0 atom stereocenters. The molecule has 34 heavy (non-hydrogen) atoms. The molecule has 0 saturated carbocycles. The fraction of sp³-hybridized carbons (Fsp3) is 0.640. The third-order valence-electron chi connectivity index (χ3n) is 6.56. The van der Waals surface area contributed by atoms with E-state index in [1.165, 1.54) is 22.2 Å². The zero-order chi connectivity index (χ0) is 23.9. The number of rotatable bonds is 7. The largest absolute Gasteiger partial charge is 0.379 e. The Bertz CT molecular complexity index is 1190. The Hall–Kier alpha value is -1.52. The van der Waals surface area contributed by atoms with Crippen LogP contribution in [0.5, 0.6) is 0 Å². The number of pyridine rings is 1. The number of fused-ring (bicyclic) bond motifs is 5. The molecule has 184 valence electrons. The van der Waals surface area contributed by atoms with Gasteiger partial charge in [-0.05, 0) is 38.0 Å². The maximum atomic E-state index is 6.23. The van der Waals surface area contributed by atoms with Crippen molar-refractivity contribution in [1.29, 1.82) is 0 Å². The van der Waals surface area contributed by atoms with Crippen molar-refractivity contribution in [3.63, 3.8) is 0 Å². The standard InChI is InChI=1S/C25H35N5O2S2/c1-15(2)12-18-17-14-32-25(3,4)13-16(17)19-20-21(34-23(19)27-18)22(29-24(28-20)33-5)26-6-7-30-8-10-31-11-9-30/h15H,6-14H2,1-5H3,(H,26,28,29). The summed E-state index contributed by atoms with van der Waals surface area (Å²) in [7, 11) is 0. The number of aromatic nitrogens is 3. The van der Waals surface area contributed by atoms with Crippen molar-refractivity contribution in [3.8, 4) is 0 Å². The predicted molar refractivity (Wildman–Crippen MR) is 141 cm³/mol. The highest BCUT2D eigenvalue weighted by Crippen LogP contribution is 2.43. The minimum atomic E-state index is -0.195. The summed E-state index contributed by atoms with van der Waals surface area (Å²) in [5, 5.41) is 5.62. The summed E-state index contributed by atoms with van der Waals surface area (Å²) in [6.45, 7) is 14.9. The van der Waals surface area contributed by atoms with Gasteiger partial charge in [-0.1, -0.05) is 25.6 Å². The van der Waals surface area contributed by atoms with Gasteiger partial charge in [-0.15, -0.1) is 11.3 Å². The normalized spacial score (nSPS) is 18.6. The molecule has 3 aromatic heterocycles. The van der Waals surface area contributed by atoms with Gasteiger partial charge in [0.2, 0.25) is 0 Å². The minimum absolute atomic E-state index is 0.195. The molecule has 0 aromatic carbocycles. The van der Waals surface area contributed by atoms with Gasteiger partial charge in [-0.25, -0.2) is 15.0 Å². The lowest BCUT2D eigenvalue weighted by Gasteiger charge is -2.33. The fourth-order valence-corrected chi connectivity index (χ4v) is 6.34. The molecule has 0 amide bonds. The van der Waals surface area contributed by atoms with Crippen LogP contribution in [-0.4, -0.2) is 71.1 Å². The van der Waals surface area contributed by atoms with Gasteiger partial charge >= 0.3 is 0 Å². The van der Waals surface area contributed by atoms with Gasteiger partial charge < -0.3 is 14.8 Å². The van der Waals surface area contributed by atoms with Crippen molar-refractivity contribution in [2.75, 3.05) is 51.0 Å². The van der Waals surface area contributed by atoms with Crippen LogP contribution in [0.25, 0.3) is 20.4 Å². The Balaban J connectivity index is 1.59. The molecule has 1 fully saturated rings. The van der Waals surface area contributed by atoms with Crippen LogP contribution < -0.4 is 5.32 Å². The first-order valence-electron chi connectivity index (χ1n) is 12.2. The lowest BCUT2D eigenvalue weighted by molar-refractivity contribution is -0.0402. The summed E-state index contributed by atoms with van der Waals surface area (Å²) in [5.41, 5.74) is 4.66. The molecule has 0 radical (unpaired) electrons. The van der Waals surface area contributed by atoms with Gasteiger partial charge in [0.25, 0.3) is 0 Å². The van der Waals surface area contributed by atoms with E-state index in [1.54, 1.807) is 23.1 Å². The lowest BCUT2D eigenvalue weighted by atomic mass is 9.88. The number of thiophene rings is 1. The number of anilines is 1. The molecule has 1 saturated heterocycles. The average molecular weight is 502 g/mol. The topological polar surface area (TPSA) is 72.4 Å². The lowest BCUT2D eigenvalue weighted by Crippen LogP contribution is -2.39. The second-order valence-corrected chi connectivity index (χ2v) is 12.0. The molecule has 5 heterocycles. The SMILES string of the molecule is CSc1nc(NCCN2CCOCC2)c2sc3nc(CC(C)C)c4c(c3c2n1)CC(C)(C)OC4. The molecule has 0 aliphatic carbocycles. The summed E-state index contributed by atoms with van der Waals surface area (Å²) in [4.78, 5) is 18.6. The first-order chi connectivity index (χ1) is 16.3. The molecular formula is C25H35N5O2S2. The molecule has 0 spiro atoms. The Morgan fingerprint density at radius 2 is 1.94 bits per heavy atom. The molecular weight excluding hydrogens is 466 g/mol. The molecule has 9 heteroatoms. The first-order valence-corrected chi connectivity index (χ1v) is 14.3. The molecule has 5 rings (SSSR count). The number of ether oxygens (including phenoxy) is 2. The second kappa shape index (κ2) is 9.85. The van der Waals surface area contributed by atoms with Gasteiger partial charge in [-0.3, -0.25) is 4.90 Å². The number of morpholine rings is 1. The fourth-order valence-electron chi connectivity index (χ4n) is 4.84. The van der Waals surface area contributed by atoms with E-state index in [4.69, 9.17) is 24.4 Å². The van der Waals surface area contributed by atoms with Crippen molar-refractivity contribution in [3.05, 3.63) is 16.8 Å². The van der Waals surface area contributed by atoms with E-state index in [9.17, 15) is 0 Å². The molecule has 3 aromatic rings. The van der Waals surface area contributed by atoms with Crippen LogP contribution in [0.4, 0.5) is 5.82 Å². The van der Waals surface area contributed by atoms with Crippen LogP contribution in [0.1, 0.15) is 44.5 Å². The Labute approximate surface area is 210 Å². The third-order valence-corrected chi connectivity index (χ3v) is 8.19. The highest BCUT2D eigenvalue weighted by atomic mass is 32.2. The molecule has 1 N–H and O–H groups in total. The van der Waals surface area contributed by atoms with Gasteiger partial charge in [-0.2, -0.15) is 0 Å². The predicted octanol–water partition coefficient (Wildman–Crippen LogP) is 4.76. The second-order valence-electron chi connectivity index (χ2n) is 10.2. The van der Waals surface area contributed by atoms with Gasteiger partial charge in [0.05, 0.1) is 35.6 Å². The molecule has 7 nitrogen and oxygen atoms in total. The summed E-state index contributed by atoms with van der Waals surface area (Å²) < 4.78 is 12.8. The van der Waals surface area contributed by atoms with Gasteiger partial charge in [0.1, 0.15) is 10.6 Å². The summed E-state index contributed by atoms with van der Waals surface area (Å²) in [6.07, 6.45) is 3.87. The van der Waals surface area contributed by atoms with Crippen molar-refractivity contribution in [2.24, 2.45) is 5.92 Å².